The van der Waals surface area contributed by atoms with Crippen LogP contribution in [-0.4, -0.2) is 40.4 Å². The first-order valence-electron chi connectivity index (χ1n) is 11.5. The standard InChI is InChI=1S/C25H36N4O/c1-7-12-28(13-8-2)24-19-10-9-11-21(19)27-23-20(16-26-29(23)24)22-17(3)14-25(5,30-6)15-18(22)4/h14,16H,7-13,15H2,1-6H3. The minimum absolute atomic E-state index is 0.237. The molecule has 1 unspecified atom stereocenters. The zero-order valence-electron chi connectivity index (χ0n) is 19.5. The predicted octanol–water partition coefficient (Wildman–Crippen LogP) is 5.37. The van der Waals surface area contributed by atoms with Crippen molar-refractivity contribution in [1.82, 2.24) is 14.6 Å². The molecule has 2 aromatic rings. The first-order valence-corrected chi connectivity index (χ1v) is 11.5. The fourth-order valence-electron chi connectivity index (χ4n) is 5.42. The predicted molar refractivity (Wildman–Crippen MR) is 124 cm³/mol. The maximum atomic E-state index is 5.78. The number of methoxy groups -OCH3 is 1. The minimum Gasteiger partial charge on any atom is -0.374 e. The molecule has 30 heavy (non-hydrogen) atoms. The number of anilines is 1. The number of ether oxygens (including phenoxy) is 1. The van der Waals surface area contributed by atoms with E-state index in [1.54, 1.807) is 7.11 Å². The number of aryl methyl sites for hydroxylation is 1. The van der Waals surface area contributed by atoms with Gasteiger partial charge in [-0.3, -0.25) is 0 Å². The first kappa shape index (κ1) is 21.1. The summed E-state index contributed by atoms with van der Waals surface area (Å²) in [7, 11) is 1.80. The van der Waals surface area contributed by atoms with Crippen molar-refractivity contribution < 1.29 is 4.74 Å². The Bertz CT molecular complexity index is 1010. The van der Waals surface area contributed by atoms with Crippen molar-refractivity contribution in [2.45, 2.75) is 78.7 Å². The normalized spacial score (nSPS) is 21.3. The quantitative estimate of drug-likeness (QED) is 0.617. The Hall–Kier alpha value is -2.14. The van der Waals surface area contributed by atoms with Gasteiger partial charge in [-0.2, -0.15) is 9.61 Å². The number of allylic oxidation sites excluding steroid dienone is 2. The highest BCUT2D eigenvalue weighted by Crippen LogP contribution is 2.41. The van der Waals surface area contributed by atoms with Gasteiger partial charge in [-0.1, -0.05) is 19.4 Å². The van der Waals surface area contributed by atoms with E-state index in [2.05, 4.69) is 50.1 Å². The van der Waals surface area contributed by atoms with Crippen molar-refractivity contribution in [3.63, 3.8) is 0 Å². The lowest BCUT2D eigenvalue weighted by Crippen LogP contribution is -2.29. The molecule has 2 aliphatic carbocycles. The Labute approximate surface area is 180 Å². The second-order valence-electron chi connectivity index (χ2n) is 9.17. The molecular formula is C25H36N4O. The average Bonchev–Trinajstić information content (AvgIpc) is 3.33. The average molecular weight is 409 g/mol. The van der Waals surface area contributed by atoms with E-state index < -0.39 is 0 Å². The molecule has 0 radical (unpaired) electrons. The zero-order valence-corrected chi connectivity index (χ0v) is 19.5. The molecule has 0 aliphatic heterocycles. The fourth-order valence-corrected chi connectivity index (χ4v) is 5.42. The summed E-state index contributed by atoms with van der Waals surface area (Å²) in [5, 5.41) is 4.90. The molecule has 5 heteroatoms. The van der Waals surface area contributed by atoms with Gasteiger partial charge < -0.3 is 9.64 Å². The SMILES string of the molecule is CCCN(CCC)c1c2c(nc3c(C4=C(C)CC(C)(OC)C=C4C)cnn13)CCC2. The van der Waals surface area contributed by atoms with E-state index in [0.29, 0.717) is 0 Å². The van der Waals surface area contributed by atoms with Crippen LogP contribution in [0.3, 0.4) is 0 Å². The topological polar surface area (TPSA) is 42.7 Å². The minimum atomic E-state index is -0.237. The van der Waals surface area contributed by atoms with Crippen LogP contribution in [0.15, 0.2) is 23.4 Å². The summed E-state index contributed by atoms with van der Waals surface area (Å²) in [6.07, 6.45) is 10.8. The number of rotatable bonds is 7. The first-order chi connectivity index (χ1) is 14.4. The van der Waals surface area contributed by atoms with E-state index in [4.69, 9.17) is 14.8 Å². The number of hydrogen-bond acceptors (Lipinski definition) is 4. The second kappa shape index (κ2) is 8.18. The van der Waals surface area contributed by atoms with Crippen LogP contribution in [0.2, 0.25) is 0 Å². The van der Waals surface area contributed by atoms with Crippen LogP contribution in [-0.2, 0) is 17.6 Å². The van der Waals surface area contributed by atoms with Gasteiger partial charge >= 0.3 is 0 Å². The molecular weight excluding hydrogens is 372 g/mol. The van der Waals surface area contributed by atoms with Gasteiger partial charge in [0, 0.05) is 43.4 Å². The van der Waals surface area contributed by atoms with E-state index in [1.165, 1.54) is 40.2 Å². The lowest BCUT2D eigenvalue weighted by Gasteiger charge is -2.32. The van der Waals surface area contributed by atoms with E-state index in [9.17, 15) is 0 Å². The third-order valence-electron chi connectivity index (χ3n) is 6.63. The van der Waals surface area contributed by atoms with Crippen molar-refractivity contribution in [1.29, 1.82) is 0 Å². The molecule has 2 aromatic heterocycles. The smallest absolute Gasteiger partial charge is 0.165 e. The molecule has 0 fully saturated rings. The summed E-state index contributed by atoms with van der Waals surface area (Å²) in [6.45, 7) is 13.2. The zero-order chi connectivity index (χ0) is 21.5. The highest BCUT2D eigenvalue weighted by atomic mass is 16.5. The molecule has 2 aliphatic rings. The van der Waals surface area contributed by atoms with E-state index >= 15 is 0 Å². The third kappa shape index (κ3) is 3.47. The van der Waals surface area contributed by atoms with Gasteiger partial charge in [0.05, 0.1) is 11.8 Å². The van der Waals surface area contributed by atoms with Crippen LogP contribution in [0.1, 0.15) is 77.1 Å². The maximum Gasteiger partial charge on any atom is 0.165 e. The number of hydrogen-bond donors (Lipinski definition) is 0. The molecule has 0 aromatic carbocycles. The van der Waals surface area contributed by atoms with Gasteiger partial charge in [0.2, 0.25) is 0 Å². The Morgan fingerprint density at radius 3 is 2.53 bits per heavy atom. The molecule has 0 N–H and O–H groups in total. The summed E-state index contributed by atoms with van der Waals surface area (Å²) in [4.78, 5) is 7.69. The van der Waals surface area contributed by atoms with Gasteiger partial charge in [0.25, 0.3) is 0 Å². The number of aromatic nitrogens is 3. The summed E-state index contributed by atoms with van der Waals surface area (Å²) >= 11 is 0. The highest BCUT2D eigenvalue weighted by Gasteiger charge is 2.31. The molecule has 0 bridgehead atoms. The van der Waals surface area contributed by atoms with Crippen LogP contribution in [0.4, 0.5) is 5.82 Å². The lowest BCUT2D eigenvalue weighted by atomic mass is 9.81. The highest BCUT2D eigenvalue weighted by molar-refractivity contribution is 5.88. The van der Waals surface area contributed by atoms with E-state index in [0.717, 1.165) is 56.4 Å². The Balaban J connectivity index is 1.90. The number of fused-ring (bicyclic) bond motifs is 2. The van der Waals surface area contributed by atoms with Gasteiger partial charge in [0.15, 0.2) is 5.65 Å². The van der Waals surface area contributed by atoms with Gasteiger partial charge in [0.1, 0.15) is 5.82 Å². The molecule has 0 saturated carbocycles. The molecule has 162 valence electrons. The van der Waals surface area contributed by atoms with Crippen LogP contribution in [0.5, 0.6) is 0 Å². The Kier molecular flexibility index (Phi) is 5.75. The van der Waals surface area contributed by atoms with E-state index in [-0.39, 0.29) is 5.60 Å². The largest absolute Gasteiger partial charge is 0.374 e. The van der Waals surface area contributed by atoms with Crippen LogP contribution < -0.4 is 4.90 Å². The summed E-state index contributed by atoms with van der Waals surface area (Å²) in [5.41, 5.74) is 8.49. The Morgan fingerprint density at radius 1 is 1.17 bits per heavy atom. The fraction of sp³-hybridized carbons (Fsp3) is 0.600. The van der Waals surface area contributed by atoms with Crippen molar-refractivity contribution in [2.75, 3.05) is 25.1 Å². The van der Waals surface area contributed by atoms with Crippen molar-refractivity contribution in [3.05, 3.63) is 40.2 Å². The monoisotopic (exact) mass is 408 g/mol. The van der Waals surface area contributed by atoms with Crippen LogP contribution >= 0.6 is 0 Å². The van der Waals surface area contributed by atoms with Crippen molar-refractivity contribution >= 4 is 17.0 Å². The second-order valence-corrected chi connectivity index (χ2v) is 9.17. The third-order valence-corrected chi connectivity index (χ3v) is 6.63. The maximum absolute atomic E-state index is 5.78. The summed E-state index contributed by atoms with van der Waals surface area (Å²) in [5.74, 6) is 1.28. The van der Waals surface area contributed by atoms with E-state index in [1.807, 2.05) is 6.20 Å². The Morgan fingerprint density at radius 2 is 1.90 bits per heavy atom. The van der Waals surface area contributed by atoms with Gasteiger partial charge in [-0.25, -0.2) is 4.98 Å². The van der Waals surface area contributed by atoms with Crippen molar-refractivity contribution in [3.8, 4) is 0 Å². The summed E-state index contributed by atoms with van der Waals surface area (Å²) in [6, 6.07) is 0. The molecule has 0 saturated heterocycles. The molecule has 0 spiro atoms. The van der Waals surface area contributed by atoms with Gasteiger partial charge in [-0.15, -0.1) is 0 Å². The lowest BCUT2D eigenvalue weighted by molar-refractivity contribution is 0.0478. The molecule has 2 heterocycles. The molecule has 0 amide bonds. The van der Waals surface area contributed by atoms with Crippen LogP contribution in [0, 0.1) is 0 Å². The van der Waals surface area contributed by atoms with Gasteiger partial charge in [-0.05, 0) is 70.1 Å². The summed E-state index contributed by atoms with van der Waals surface area (Å²) < 4.78 is 7.91. The number of nitrogens with zero attached hydrogens (tertiary/aromatic N) is 4. The molecule has 4 rings (SSSR count). The molecule has 5 nitrogen and oxygen atoms in total. The molecule has 1 atom stereocenters. The van der Waals surface area contributed by atoms with Crippen LogP contribution in [0.25, 0.3) is 11.2 Å². The van der Waals surface area contributed by atoms with Crippen molar-refractivity contribution in [2.24, 2.45) is 0 Å².